The van der Waals surface area contributed by atoms with E-state index in [-0.39, 0.29) is 11.7 Å². The van der Waals surface area contributed by atoms with Crippen molar-refractivity contribution >= 4 is 17.3 Å². The fraction of sp³-hybridized carbons (Fsp3) is 0.174. The standard InChI is InChI=1S/C23H23FN2O3/c1-3-29-20-14-13-19(15-21(20)28-2)25-22(16-7-5-4-6-8-16)23(27)26-18-11-9-17(24)10-12-18/h4-15,22,25H,3H2,1-2H3,(H,26,27). The first-order valence-corrected chi connectivity index (χ1v) is 9.29. The Labute approximate surface area is 169 Å². The lowest BCUT2D eigenvalue weighted by Crippen LogP contribution is -2.27. The van der Waals surface area contributed by atoms with E-state index in [9.17, 15) is 9.18 Å². The van der Waals surface area contributed by atoms with Crippen molar-refractivity contribution < 1.29 is 18.7 Å². The van der Waals surface area contributed by atoms with Gasteiger partial charge < -0.3 is 20.1 Å². The van der Waals surface area contributed by atoms with Gasteiger partial charge in [-0.3, -0.25) is 4.79 Å². The Balaban J connectivity index is 1.86. The first kappa shape index (κ1) is 20.2. The van der Waals surface area contributed by atoms with Crippen molar-refractivity contribution in [3.8, 4) is 11.5 Å². The molecule has 0 spiro atoms. The lowest BCUT2D eigenvalue weighted by molar-refractivity contribution is -0.117. The van der Waals surface area contributed by atoms with Gasteiger partial charge >= 0.3 is 0 Å². The smallest absolute Gasteiger partial charge is 0.251 e. The molecule has 0 heterocycles. The minimum absolute atomic E-state index is 0.268. The Kier molecular flexibility index (Phi) is 6.68. The molecular weight excluding hydrogens is 371 g/mol. The van der Waals surface area contributed by atoms with Crippen LogP contribution >= 0.6 is 0 Å². The molecule has 0 aliphatic heterocycles. The molecule has 6 heteroatoms. The van der Waals surface area contributed by atoms with E-state index in [0.29, 0.717) is 29.5 Å². The minimum Gasteiger partial charge on any atom is -0.493 e. The number of carbonyl (C=O) groups is 1. The second kappa shape index (κ2) is 9.59. The van der Waals surface area contributed by atoms with Crippen molar-refractivity contribution in [1.29, 1.82) is 0 Å². The van der Waals surface area contributed by atoms with Crippen LogP contribution in [-0.4, -0.2) is 19.6 Å². The molecule has 0 fully saturated rings. The number of hydrogen-bond acceptors (Lipinski definition) is 4. The molecule has 1 atom stereocenters. The molecule has 29 heavy (non-hydrogen) atoms. The van der Waals surface area contributed by atoms with Crippen LogP contribution in [0.4, 0.5) is 15.8 Å². The Hall–Kier alpha value is -3.54. The Morgan fingerprint density at radius 2 is 1.66 bits per heavy atom. The van der Waals surface area contributed by atoms with Gasteiger partial charge in [-0.25, -0.2) is 4.39 Å². The maximum Gasteiger partial charge on any atom is 0.251 e. The Morgan fingerprint density at radius 3 is 2.31 bits per heavy atom. The van der Waals surface area contributed by atoms with Gasteiger partial charge in [0.15, 0.2) is 11.5 Å². The van der Waals surface area contributed by atoms with Crippen LogP contribution in [0.5, 0.6) is 11.5 Å². The van der Waals surface area contributed by atoms with Gasteiger partial charge in [-0.05, 0) is 48.9 Å². The highest BCUT2D eigenvalue weighted by Crippen LogP contribution is 2.32. The predicted octanol–water partition coefficient (Wildman–Crippen LogP) is 5.02. The van der Waals surface area contributed by atoms with Gasteiger partial charge in [-0.15, -0.1) is 0 Å². The summed E-state index contributed by atoms with van der Waals surface area (Å²) in [6.45, 7) is 2.42. The van der Waals surface area contributed by atoms with E-state index in [1.54, 1.807) is 19.2 Å². The summed E-state index contributed by atoms with van der Waals surface area (Å²) in [5.74, 6) is 0.577. The summed E-state index contributed by atoms with van der Waals surface area (Å²) >= 11 is 0. The predicted molar refractivity (Wildman–Crippen MR) is 112 cm³/mol. The molecule has 0 radical (unpaired) electrons. The second-order valence-electron chi connectivity index (χ2n) is 6.28. The van der Waals surface area contributed by atoms with Crippen molar-refractivity contribution in [3.05, 3.63) is 84.2 Å². The quantitative estimate of drug-likeness (QED) is 0.563. The van der Waals surface area contributed by atoms with Crippen molar-refractivity contribution in [2.24, 2.45) is 0 Å². The maximum atomic E-state index is 13.1. The summed E-state index contributed by atoms with van der Waals surface area (Å²) in [5.41, 5.74) is 2.01. The van der Waals surface area contributed by atoms with Crippen molar-refractivity contribution in [1.82, 2.24) is 0 Å². The van der Waals surface area contributed by atoms with Crippen LogP contribution in [0.15, 0.2) is 72.8 Å². The summed E-state index contributed by atoms with van der Waals surface area (Å²) in [7, 11) is 1.57. The number of anilines is 2. The Morgan fingerprint density at radius 1 is 0.966 bits per heavy atom. The fourth-order valence-electron chi connectivity index (χ4n) is 2.89. The maximum absolute atomic E-state index is 13.1. The van der Waals surface area contributed by atoms with Gasteiger partial charge in [0, 0.05) is 17.4 Å². The van der Waals surface area contributed by atoms with Crippen molar-refractivity contribution in [2.45, 2.75) is 13.0 Å². The van der Waals surface area contributed by atoms with E-state index < -0.39 is 6.04 Å². The second-order valence-corrected chi connectivity index (χ2v) is 6.28. The minimum atomic E-state index is -0.663. The molecule has 3 aromatic carbocycles. The van der Waals surface area contributed by atoms with Crippen LogP contribution in [0, 0.1) is 5.82 Å². The molecule has 0 aromatic heterocycles. The van der Waals surface area contributed by atoms with Crippen LogP contribution in [-0.2, 0) is 4.79 Å². The number of rotatable bonds is 8. The summed E-state index contributed by atoms with van der Waals surface area (Å²) in [5, 5.41) is 6.07. The van der Waals surface area contributed by atoms with Gasteiger partial charge in [0.05, 0.1) is 13.7 Å². The number of halogens is 1. The third kappa shape index (κ3) is 5.25. The first-order chi connectivity index (χ1) is 14.1. The number of carbonyl (C=O) groups excluding carboxylic acids is 1. The molecule has 0 saturated heterocycles. The van der Waals surface area contributed by atoms with E-state index >= 15 is 0 Å². The summed E-state index contributed by atoms with van der Waals surface area (Å²) < 4.78 is 24.1. The number of nitrogens with one attached hydrogen (secondary N) is 2. The zero-order valence-electron chi connectivity index (χ0n) is 16.3. The molecule has 1 unspecified atom stereocenters. The van der Waals surface area contributed by atoms with Crippen LogP contribution in [0.25, 0.3) is 0 Å². The fourth-order valence-corrected chi connectivity index (χ4v) is 2.89. The van der Waals surface area contributed by atoms with Gasteiger partial charge in [0.1, 0.15) is 11.9 Å². The zero-order valence-corrected chi connectivity index (χ0v) is 16.3. The topological polar surface area (TPSA) is 59.6 Å². The molecule has 150 valence electrons. The summed E-state index contributed by atoms with van der Waals surface area (Å²) in [6.07, 6.45) is 0. The number of ether oxygens (including phenoxy) is 2. The molecule has 3 rings (SSSR count). The monoisotopic (exact) mass is 394 g/mol. The molecule has 5 nitrogen and oxygen atoms in total. The number of amides is 1. The van der Waals surface area contributed by atoms with E-state index in [4.69, 9.17) is 9.47 Å². The molecule has 0 aliphatic carbocycles. The highest BCUT2D eigenvalue weighted by atomic mass is 19.1. The third-order valence-electron chi connectivity index (χ3n) is 4.28. The van der Waals surface area contributed by atoms with Crippen molar-refractivity contribution in [2.75, 3.05) is 24.4 Å². The number of benzene rings is 3. The zero-order chi connectivity index (χ0) is 20.6. The average Bonchev–Trinajstić information content (AvgIpc) is 2.75. The van der Waals surface area contributed by atoms with Crippen LogP contribution in [0.2, 0.25) is 0 Å². The van der Waals surface area contributed by atoms with Gasteiger partial charge in [0.2, 0.25) is 0 Å². The highest BCUT2D eigenvalue weighted by molar-refractivity contribution is 5.97. The third-order valence-corrected chi connectivity index (χ3v) is 4.28. The average molecular weight is 394 g/mol. The summed E-state index contributed by atoms with van der Waals surface area (Å²) in [4.78, 5) is 13.0. The molecule has 2 N–H and O–H groups in total. The molecule has 3 aromatic rings. The van der Waals surface area contributed by atoms with Crippen molar-refractivity contribution in [3.63, 3.8) is 0 Å². The van der Waals surface area contributed by atoms with Crippen LogP contribution < -0.4 is 20.1 Å². The SMILES string of the molecule is CCOc1ccc(NC(C(=O)Nc2ccc(F)cc2)c2ccccc2)cc1OC. The van der Waals surface area contributed by atoms with Gasteiger partial charge in [-0.1, -0.05) is 30.3 Å². The molecule has 0 aliphatic rings. The molecular formula is C23H23FN2O3. The molecule has 0 saturated carbocycles. The largest absolute Gasteiger partial charge is 0.493 e. The van der Waals surface area contributed by atoms with E-state index in [2.05, 4.69) is 10.6 Å². The van der Waals surface area contributed by atoms with Gasteiger partial charge in [0.25, 0.3) is 5.91 Å². The lowest BCUT2D eigenvalue weighted by atomic mass is 10.1. The first-order valence-electron chi connectivity index (χ1n) is 9.29. The van der Waals surface area contributed by atoms with E-state index in [1.807, 2.05) is 43.3 Å². The Bertz CT molecular complexity index is 946. The molecule has 1 amide bonds. The highest BCUT2D eigenvalue weighted by Gasteiger charge is 2.21. The van der Waals surface area contributed by atoms with E-state index in [1.165, 1.54) is 24.3 Å². The lowest BCUT2D eigenvalue weighted by Gasteiger charge is -2.21. The number of methoxy groups -OCH3 is 1. The van der Waals surface area contributed by atoms with E-state index in [0.717, 1.165) is 5.56 Å². The molecule has 0 bridgehead atoms. The van der Waals surface area contributed by atoms with Gasteiger partial charge in [-0.2, -0.15) is 0 Å². The normalized spacial score (nSPS) is 11.4. The van der Waals surface area contributed by atoms with Crippen LogP contribution in [0.3, 0.4) is 0 Å². The number of hydrogen-bond donors (Lipinski definition) is 2. The summed E-state index contributed by atoms with van der Waals surface area (Å²) in [6, 6.07) is 19.8. The van der Waals surface area contributed by atoms with Crippen LogP contribution in [0.1, 0.15) is 18.5 Å².